The Morgan fingerprint density at radius 3 is 2.29 bits per heavy atom. The summed E-state index contributed by atoms with van der Waals surface area (Å²) < 4.78 is 0. The Balaban J connectivity index is 2.54. The van der Waals surface area contributed by atoms with Gasteiger partial charge in [0.2, 0.25) is 5.91 Å². The number of nitrogens with zero attached hydrogens (tertiary/aromatic N) is 2. The molecule has 1 aliphatic heterocycles. The predicted molar refractivity (Wildman–Crippen MR) is 58.1 cm³/mol. The van der Waals surface area contributed by atoms with Crippen molar-refractivity contribution in [1.29, 1.82) is 0 Å². The van der Waals surface area contributed by atoms with Crippen LogP contribution in [0.5, 0.6) is 0 Å². The first kappa shape index (κ1) is 11.5. The van der Waals surface area contributed by atoms with Gasteiger partial charge in [0.25, 0.3) is 0 Å². The maximum absolute atomic E-state index is 11.7. The van der Waals surface area contributed by atoms with Crippen LogP contribution in [-0.4, -0.2) is 48.4 Å². The van der Waals surface area contributed by atoms with Crippen LogP contribution in [0.4, 0.5) is 0 Å². The van der Waals surface area contributed by atoms with Gasteiger partial charge in [0.15, 0.2) is 0 Å². The van der Waals surface area contributed by atoms with E-state index in [1.165, 1.54) is 0 Å². The topological polar surface area (TPSA) is 23.6 Å². The normalized spacial score (nSPS) is 23.9. The van der Waals surface area contributed by atoms with Crippen LogP contribution in [0.3, 0.4) is 0 Å². The van der Waals surface area contributed by atoms with Crippen molar-refractivity contribution >= 4 is 5.91 Å². The minimum atomic E-state index is 0.196. The molecule has 0 aromatic heterocycles. The second-order valence-electron chi connectivity index (χ2n) is 5.34. The fourth-order valence-electron chi connectivity index (χ4n) is 1.94. The number of carbonyl (C=O) groups is 1. The summed E-state index contributed by atoms with van der Waals surface area (Å²) in [5.74, 6) is 0.487. The van der Waals surface area contributed by atoms with E-state index in [1.807, 2.05) is 14.1 Å². The average molecular weight is 198 g/mol. The van der Waals surface area contributed by atoms with Gasteiger partial charge in [-0.25, -0.2) is 0 Å². The Labute approximate surface area is 87.1 Å². The van der Waals surface area contributed by atoms with Crippen molar-refractivity contribution in [1.82, 2.24) is 9.80 Å². The molecule has 0 aromatic carbocycles. The highest BCUT2D eigenvalue weighted by molar-refractivity contribution is 5.78. The van der Waals surface area contributed by atoms with E-state index in [1.54, 1.807) is 4.90 Å². The van der Waals surface area contributed by atoms with Crippen LogP contribution >= 0.6 is 0 Å². The van der Waals surface area contributed by atoms with Gasteiger partial charge >= 0.3 is 0 Å². The van der Waals surface area contributed by atoms with Crippen LogP contribution in [0.25, 0.3) is 0 Å². The molecule has 14 heavy (non-hydrogen) atoms. The summed E-state index contributed by atoms with van der Waals surface area (Å²) in [6, 6.07) is 0. The first-order valence-electron chi connectivity index (χ1n) is 5.28. The summed E-state index contributed by atoms with van der Waals surface area (Å²) in [5, 5.41) is 0. The zero-order valence-electron chi connectivity index (χ0n) is 10.0. The zero-order chi connectivity index (χ0) is 10.9. The number of likely N-dealkylation sites (tertiary alicyclic amines) is 1. The summed E-state index contributed by atoms with van der Waals surface area (Å²) in [5.41, 5.74) is 0.196. The number of hydrogen-bond donors (Lipinski definition) is 0. The van der Waals surface area contributed by atoms with Crippen molar-refractivity contribution in [2.45, 2.75) is 32.7 Å². The first-order chi connectivity index (χ1) is 6.32. The van der Waals surface area contributed by atoms with E-state index in [2.05, 4.69) is 25.7 Å². The molecule has 1 amide bonds. The van der Waals surface area contributed by atoms with Gasteiger partial charge in [-0.2, -0.15) is 0 Å². The van der Waals surface area contributed by atoms with Crippen LogP contribution in [0.15, 0.2) is 0 Å². The van der Waals surface area contributed by atoms with Gasteiger partial charge in [0, 0.05) is 26.2 Å². The molecule has 0 N–H and O–H groups in total. The average Bonchev–Trinajstić information content (AvgIpc) is 2.49. The molecule has 0 aromatic rings. The Morgan fingerprint density at radius 1 is 1.36 bits per heavy atom. The Morgan fingerprint density at radius 2 is 1.93 bits per heavy atom. The lowest BCUT2D eigenvalue weighted by Gasteiger charge is -2.31. The van der Waals surface area contributed by atoms with E-state index in [0.717, 1.165) is 19.5 Å². The minimum Gasteiger partial charge on any atom is -0.349 e. The van der Waals surface area contributed by atoms with Crippen LogP contribution in [-0.2, 0) is 4.79 Å². The van der Waals surface area contributed by atoms with E-state index >= 15 is 0 Å². The van der Waals surface area contributed by atoms with E-state index in [0.29, 0.717) is 0 Å². The number of amides is 1. The largest absolute Gasteiger partial charge is 0.349 e. The molecule has 0 aliphatic carbocycles. The van der Waals surface area contributed by atoms with Crippen LogP contribution < -0.4 is 0 Å². The van der Waals surface area contributed by atoms with Crippen LogP contribution in [0.2, 0.25) is 0 Å². The van der Waals surface area contributed by atoms with Crippen molar-refractivity contribution < 1.29 is 4.79 Å². The second-order valence-corrected chi connectivity index (χ2v) is 5.34. The Hall–Kier alpha value is -0.570. The molecule has 0 spiro atoms. The number of carbonyl (C=O) groups excluding carboxylic acids is 1. The third-order valence-corrected chi connectivity index (χ3v) is 2.93. The maximum atomic E-state index is 11.7. The van der Waals surface area contributed by atoms with Crippen molar-refractivity contribution in [2.75, 3.05) is 27.2 Å². The lowest BCUT2D eigenvalue weighted by Crippen LogP contribution is -2.41. The lowest BCUT2D eigenvalue weighted by atomic mass is 10.1. The fraction of sp³-hybridized carbons (Fsp3) is 0.909. The van der Waals surface area contributed by atoms with Crippen molar-refractivity contribution in [2.24, 2.45) is 5.92 Å². The quantitative estimate of drug-likeness (QED) is 0.632. The molecular formula is C11H22N2O. The third-order valence-electron chi connectivity index (χ3n) is 2.93. The summed E-state index contributed by atoms with van der Waals surface area (Å²) >= 11 is 0. The predicted octanol–water partition coefficient (Wildman–Crippen LogP) is 1.19. The Kier molecular flexibility index (Phi) is 3.20. The van der Waals surface area contributed by atoms with Gasteiger partial charge in [-0.3, -0.25) is 9.69 Å². The van der Waals surface area contributed by atoms with E-state index < -0.39 is 0 Å². The summed E-state index contributed by atoms with van der Waals surface area (Å²) in [4.78, 5) is 15.8. The monoisotopic (exact) mass is 198 g/mol. The molecule has 0 saturated carbocycles. The molecule has 0 bridgehead atoms. The molecule has 0 radical (unpaired) electrons. The van der Waals surface area contributed by atoms with Gasteiger partial charge in [-0.15, -0.1) is 0 Å². The molecular weight excluding hydrogens is 176 g/mol. The Bertz CT molecular complexity index is 218. The third kappa shape index (κ3) is 2.47. The summed E-state index contributed by atoms with van der Waals surface area (Å²) in [7, 11) is 3.67. The van der Waals surface area contributed by atoms with Crippen LogP contribution in [0, 0.1) is 5.92 Å². The van der Waals surface area contributed by atoms with Gasteiger partial charge in [0.05, 0.1) is 5.92 Å². The summed E-state index contributed by atoms with van der Waals surface area (Å²) in [6.45, 7) is 8.58. The molecule has 1 fully saturated rings. The van der Waals surface area contributed by atoms with Gasteiger partial charge in [-0.05, 0) is 33.7 Å². The van der Waals surface area contributed by atoms with E-state index in [4.69, 9.17) is 0 Å². The second kappa shape index (κ2) is 3.89. The van der Waals surface area contributed by atoms with Gasteiger partial charge in [-0.1, -0.05) is 0 Å². The smallest absolute Gasteiger partial charge is 0.226 e. The highest BCUT2D eigenvalue weighted by Crippen LogP contribution is 2.25. The van der Waals surface area contributed by atoms with E-state index in [-0.39, 0.29) is 17.4 Å². The first-order valence-corrected chi connectivity index (χ1v) is 5.28. The van der Waals surface area contributed by atoms with Crippen molar-refractivity contribution in [3.05, 3.63) is 0 Å². The van der Waals surface area contributed by atoms with Crippen molar-refractivity contribution in [3.8, 4) is 0 Å². The SMILES string of the molecule is CN(C)C(=O)[C@@H]1CCN(C(C)(C)C)C1. The van der Waals surface area contributed by atoms with E-state index in [9.17, 15) is 4.79 Å². The number of hydrogen-bond acceptors (Lipinski definition) is 2. The highest BCUT2D eigenvalue weighted by atomic mass is 16.2. The standard InChI is InChI=1S/C11H22N2O/c1-11(2,3)13-7-6-9(8-13)10(14)12(4)5/h9H,6-8H2,1-5H3/t9-/m1/s1. The van der Waals surface area contributed by atoms with Gasteiger partial charge in [0.1, 0.15) is 0 Å². The molecule has 1 aliphatic rings. The highest BCUT2D eigenvalue weighted by Gasteiger charge is 2.34. The zero-order valence-corrected chi connectivity index (χ0v) is 10.0. The van der Waals surface area contributed by atoms with Crippen LogP contribution in [0.1, 0.15) is 27.2 Å². The van der Waals surface area contributed by atoms with Gasteiger partial charge < -0.3 is 4.90 Å². The molecule has 1 saturated heterocycles. The molecule has 3 heteroatoms. The molecule has 1 atom stereocenters. The molecule has 1 rings (SSSR count). The molecule has 3 nitrogen and oxygen atoms in total. The summed E-state index contributed by atoms with van der Waals surface area (Å²) in [6.07, 6.45) is 1.01. The molecule has 0 unspecified atom stereocenters. The van der Waals surface area contributed by atoms with Crippen molar-refractivity contribution in [3.63, 3.8) is 0 Å². The minimum absolute atomic E-state index is 0.196. The number of rotatable bonds is 1. The fourth-order valence-corrected chi connectivity index (χ4v) is 1.94. The maximum Gasteiger partial charge on any atom is 0.226 e. The lowest BCUT2D eigenvalue weighted by molar-refractivity contribution is -0.132. The molecule has 1 heterocycles. The molecule has 82 valence electrons.